The van der Waals surface area contributed by atoms with Crippen molar-refractivity contribution in [3.63, 3.8) is 0 Å². The molecule has 12 unspecified atom stereocenters. The zero-order chi connectivity index (χ0) is 63.1. The predicted octanol–water partition coefficient (Wildman–Crippen LogP) is 14.6. The van der Waals surface area contributed by atoms with Crippen molar-refractivity contribution in [2.75, 3.05) is 19.8 Å². The van der Waals surface area contributed by atoms with Crippen LogP contribution in [0.3, 0.4) is 0 Å². The fourth-order valence-electron chi connectivity index (χ4n) is 11.5. The molecule has 2 aliphatic heterocycles. The van der Waals surface area contributed by atoms with Crippen LogP contribution in [-0.4, -0.2) is 140 Å². The molecule has 0 aromatic rings. The van der Waals surface area contributed by atoms with Crippen LogP contribution in [0.1, 0.15) is 290 Å². The third kappa shape index (κ3) is 41.5. The van der Waals surface area contributed by atoms with Gasteiger partial charge in [0.1, 0.15) is 48.8 Å². The van der Waals surface area contributed by atoms with Crippen molar-refractivity contribution < 1.29 is 64.6 Å². The SMILES string of the molecule is CC/C=C\C/C=C\C/C=C\C/C=C\C/C=C\C/C=C\CCCCC(=O)NC(COC1OC(CO)C(OC2OC(CO)C(O)C(O)C2O)C(O)C1O)C(O)CCCCCCCCCCCCCCCCCCCCCCCCCCCCCCCCCC. The van der Waals surface area contributed by atoms with Crippen molar-refractivity contribution in [2.45, 2.75) is 364 Å². The van der Waals surface area contributed by atoms with Crippen LogP contribution < -0.4 is 5.32 Å². The monoisotopic (exact) mass is 1230 g/mol. The number of amides is 1. The summed E-state index contributed by atoms with van der Waals surface area (Å²) >= 11 is 0. The zero-order valence-corrected chi connectivity index (χ0v) is 55.0. The molecule has 2 heterocycles. The molecule has 0 aromatic heterocycles. The third-order valence-electron chi connectivity index (χ3n) is 17.2. The van der Waals surface area contributed by atoms with Gasteiger partial charge in [0.05, 0.1) is 32.0 Å². The molecular formula is C73H131NO13. The minimum absolute atomic E-state index is 0.246. The Morgan fingerprint density at radius 2 is 0.793 bits per heavy atom. The molecule has 87 heavy (non-hydrogen) atoms. The smallest absolute Gasteiger partial charge is 0.220 e. The number of ether oxygens (including phenoxy) is 4. The lowest BCUT2D eigenvalue weighted by molar-refractivity contribution is -0.359. The summed E-state index contributed by atoms with van der Waals surface area (Å²) in [6.45, 7) is 2.75. The van der Waals surface area contributed by atoms with Gasteiger partial charge in [-0.3, -0.25) is 4.79 Å². The molecule has 14 nitrogen and oxygen atoms in total. The molecule has 0 bridgehead atoms. The van der Waals surface area contributed by atoms with E-state index in [0.29, 0.717) is 12.8 Å². The van der Waals surface area contributed by atoms with Gasteiger partial charge in [-0.15, -0.1) is 0 Å². The normalized spacial score (nSPS) is 23.7. The maximum absolute atomic E-state index is 13.3. The van der Waals surface area contributed by atoms with E-state index in [-0.39, 0.29) is 18.9 Å². The maximum atomic E-state index is 13.3. The summed E-state index contributed by atoms with van der Waals surface area (Å²) in [5, 5.41) is 87.6. The van der Waals surface area contributed by atoms with Crippen molar-refractivity contribution in [1.82, 2.24) is 5.32 Å². The Morgan fingerprint density at radius 1 is 0.425 bits per heavy atom. The Labute approximate surface area is 529 Å². The van der Waals surface area contributed by atoms with Crippen molar-refractivity contribution in [1.29, 1.82) is 0 Å². The summed E-state index contributed by atoms with van der Waals surface area (Å²) in [4.78, 5) is 13.3. The van der Waals surface area contributed by atoms with E-state index in [1.54, 1.807) is 0 Å². The van der Waals surface area contributed by atoms with Gasteiger partial charge in [-0.2, -0.15) is 0 Å². The van der Waals surface area contributed by atoms with Gasteiger partial charge in [0.15, 0.2) is 12.6 Å². The van der Waals surface area contributed by atoms with Crippen LogP contribution >= 0.6 is 0 Å². The van der Waals surface area contributed by atoms with Crippen LogP contribution in [0.2, 0.25) is 0 Å². The van der Waals surface area contributed by atoms with E-state index in [4.69, 9.17) is 18.9 Å². The summed E-state index contributed by atoms with van der Waals surface area (Å²) in [7, 11) is 0. The van der Waals surface area contributed by atoms with Crippen LogP contribution in [0.4, 0.5) is 0 Å². The van der Waals surface area contributed by atoms with E-state index < -0.39 is 86.8 Å². The lowest BCUT2D eigenvalue weighted by Crippen LogP contribution is -2.65. The minimum Gasteiger partial charge on any atom is -0.394 e. The topological polar surface area (TPSA) is 228 Å². The number of carbonyl (C=O) groups is 1. The highest BCUT2D eigenvalue weighted by Crippen LogP contribution is 2.30. The molecular weight excluding hydrogens is 1100 g/mol. The number of hydrogen-bond donors (Lipinski definition) is 9. The molecule has 2 saturated heterocycles. The van der Waals surface area contributed by atoms with Crippen LogP contribution in [0.15, 0.2) is 72.9 Å². The van der Waals surface area contributed by atoms with Gasteiger partial charge in [-0.05, 0) is 64.2 Å². The first-order chi connectivity index (χ1) is 42.6. The molecule has 0 saturated carbocycles. The fourth-order valence-corrected chi connectivity index (χ4v) is 11.5. The maximum Gasteiger partial charge on any atom is 0.220 e. The Kier molecular flexibility index (Phi) is 53.1. The molecule has 506 valence electrons. The first-order valence-corrected chi connectivity index (χ1v) is 35.7. The number of unbranched alkanes of at least 4 members (excludes halogenated alkanes) is 33. The van der Waals surface area contributed by atoms with E-state index in [9.17, 15) is 45.6 Å². The first-order valence-electron chi connectivity index (χ1n) is 35.7. The van der Waals surface area contributed by atoms with Gasteiger partial charge < -0.3 is 65.1 Å². The molecule has 12 atom stereocenters. The molecule has 2 fully saturated rings. The largest absolute Gasteiger partial charge is 0.394 e. The lowest BCUT2D eigenvalue weighted by Gasteiger charge is -2.46. The molecule has 14 heteroatoms. The highest BCUT2D eigenvalue weighted by Gasteiger charge is 2.51. The molecule has 2 aliphatic rings. The number of aliphatic hydroxyl groups is 8. The fraction of sp³-hybridized carbons (Fsp3) is 0.822. The standard InChI is InChI=1S/C73H131NO13/c1-3-5-7-9-11-13-15-17-19-21-23-25-26-27-28-29-30-31-32-33-34-35-37-38-40-42-44-46-48-50-52-54-56-62(77)61(60-84-72-70(83)68(81)71(64(59-76)86-72)87-73-69(82)67(80)66(79)63(58-75)85-73)74-65(78)57-55-53-51-49-47-45-43-41-39-36-24-22-20-18-16-14-12-10-8-6-4-2/h6,8,12,14,18,20,24,36,41,43,47,49,61-64,66-73,75-77,79-83H,3-5,7,9-11,13,15-17,19,21-23,25-35,37-40,42,44-46,48,50-60H2,1-2H3,(H,74,78)/b8-6-,14-12-,20-18-,36-24-,43-41-,49-47-. The highest BCUT2D eigenvalue weighted by atomic mass is 16.7. The van der Waals surface area contributed by atoms with Gasteiger partial charge >= 0.3 is 0 Å². The van der Waals surface area contributed by atoms with Gasteiger partial charge in [0.25, 0.3) is 0 Å². The van der Waals surface area contributed by atoms with E-state index in [2.05, 4.69) is 92.1 Å². The van der Waals surface area contributed by atoms with Crippen molar-refractivity contribution in [3.8, 4) is 0 Å². The Bertz CT molecular complexity index is 1740. The number of hydrogen-bond acceptors (Lipinski definition) is 13. The van der Waals surface area contributed by atoms with Gasteiger partial charge in [-0.25, -0.2) is 0 Å². The van der Waals surface area contributed by atoms with Crippen molar-refractivity contribution >= 4 is 5.91 Å². The molecule has 0 radical (unpaired) electrons. The second kappa shape index (κ2) is 57.3. The molecule has 0 aromatic carbocycles. The molecule has 1 amide bonds. The number of nitrogens with one attached hydrogen (secondary N) is 1. The molecule has 0 aliphatic carbocycles. The highest BCUT2D eigenvalue weighted by molar-refractivity contribution is 5.76. The molecule has 9 N–H and O–H groups in total. The summed E-state index contributed by atoms with van der Waals surface area (Å²) < 4.78 is 22.9. The van der Waals surface area contributed by atoms with Crippen LogP contribution in [0, 0.1) is 0 Å². The van der Waals surface area contributed by atoms with Crippen LogP contribution in [-0.2, 0) is 23.7 Å². The van der Waals surface area contributed by atoms with E-state index >= 15 is 0 Å². The average Bonchev–Trinajstić information content (AvgIpc) is 1.56. The Hall–Kier alpha value is -2.57. The van der Waals surface area contributed by atoms with E-state index in [1.807, 2.05) is 0 Å². The number of allylic oxidation sites excluding steroid dienone is 12. The van der Waals surface area contributed by atoms with Crippen molar-refractivity contribution in [2.24, 2.45) is 0 Å². The number of carbonyl (C=O) groups excluding carboxylic acids is 1. The van der Waals surface area contributed by atoms with E-state index in [0.717, 1.165) is 77.0 Å². The average molecular weight is 1230 g/mol. The summed E-state index contributed by atoms with van der Waals surface area (Å²) in [6, 6.07) is -0.858. The van der Waals surface area contributed by atoms with Gasteiger partial charge in [0, 0.05) is 6.42 Å². The van der Waals surface area contributed by atoms with E-state index in [1.165, 1.54) is 180 Å². The Balaban J connectivity index is 1.66. The molecule has 0 spiro atoms. The Morgan fingerprint density at radius 3 is 1.20 bits per heavy atom. The first kappa shape index (κ1) is 80.5. The number of rotatable bonds is 58. The molecule has 2 rings (SSSR count). The third-order valence-corrected chi connectivity index (χ3v) is 17.2. The summed E-state index contributed by atoms with van der Waals surface area (Å²) in [5.74, 6) is -0.247. The second-order valence-electron chi connectivity index (χ2n) is 25.0. The quantitative estimate of drug-likeness (QED) is 0.0204. The number of aliphatic hydroxyl groups excluding tert-OH is 8. The minimum atomic E-state index is -1.79. The lowest BCUT2D eigenvalue weighted by atomic mass is 9.97. The van der Waals surface area contributed by atoms with Gasteiger partial charge in [-0.1, -0.05) is 292 Å². The van der Waals surface area contributed by atoms with Gasteiger partial charge in [0.2, 0.25) is 5.91 Å². The van der Waals surface area contributed by atoms with Crippen molar-refractivity contribution in [3.05, 3.63) is 72.9 Å². The second-order valence-corrected chi connectivity index (χ2v) is 25.0. The summed E-state index contributed by atoms with van der Waals surface area (Å²) in [5.41, 5.74) is 0. The zero-order valence-electron chi connectivity index (χ0n) is 55.0. The summed E-state index contributed by atoms with van der Waals surface area (Å²) in [6.07, 6.45) is 60.7. The predicted molar refractivity (Wildman–Crippen MR) is 355 cm³/mol. The van der Waals surface area contributed by atoms with Crippen LogP contribution in [0.25, 0.3) is 0 Å². The van der Waals surface area contributed by atoms with Crippen LogP contribution in [0.5, 0.6) is 0 Å².